The molecule has 0 aliphatic rings. The summed E-state index contributed by atoms with van der Waals surface area (Å²) in [7, 11) is 0. The average Bonchev–Trinajstić information content (AvgIpc) is 1.98. The van der Waals surface area contributed by atoms with Crippen LogP contribution in [0.1, 0.15) is 39.5 Å². The predicted molar refractivity (Wildman–Crippen MR) is 48.1 cm³/mol. The van der Waals surface area contributed by atoms with Crippen LogP contribution in [0.2, 0.25) is 0 Å². The molecule has 0 atom stereocenters. The van der Waals surface area contributed by atoms with Crippen molar-refractivity contribution in [3.05, 3.63) is 0 Å². The molecule has 72 valence electrons. The molecule has 12 heavy (non-hydrogen) atoms. The lowest BCUT2D eigenvalue weighted by atomic mass is 10.1. The molecule has 0 unspecified atom stereocenters. The fourth-order valence-corrected chi connectivity index (χ4v) is 1.05. The fourth-order valence-electron chi connectivity index (χ4n) is 1.05. The van der Waals surface area contributed by atoms with Crippen molar-refractivity contribution < 1.29 is 8.78 Å². The van der Waals surface area contributed by atoms with Crippen molar-refractivity contribution in [1.29, 1.82) is 0 Å². The van der Waals surface area contributed by atoms with E-state index in [0.717, 1.165) is 0 Å². The summed E-state index contributed by atoms with van der Waals surface area (Å²) < 4.78 is 25.6. The van der Waals surface area contributed by atoms with Crippen molar-refractivity contribution in [2.45, 2.75) is 45.5 Å². The summed E-state index contributed by atoms with van der Waals surface area (Å²) in [5.74, 6) is -2.47. The quantitative estimate of drug-likeness (QED) is 0.436. The molecule has 0 heterocycles. The summed E-state index contributed by atoms with van der Waals surface area (Å²) in [5, 5.41) is 0. The highest BCUT2D eigenvalue weighted by atomic mass is 19.3. The van der Waals surface area contributed by atoms with Gasteiger partial charge in [0.15, 0.2) is 0 Å². The Morgan fingerprint density at radius 1 is 1.33 bits per heavy atom. The fraction of sp³-hybridized carbons (Fsp3) is 0.889. The van der Waals surface area contributed by atoms with Gasteiger partial charge in [-0.3, -0.25) is 4.99 Å². The van der Waals surface area contributed by atoms with E-state index in [-0.39, 0.29) is 12.8 Å². The summed E-state index contributed by atoms with van der Waals surface area (Å²) in [6, 6.07) is 0. The molecule has 3 heteroatoms. The van der Waals surface area contributed by atoms with Gasteiger partial charge in [0.05, 0.1) is 0 Å². The van der Waals surface area contributed by atoms with E-state index in [4.69, 9.17) is 0 Å². The number of alkyl halides is 2. The summed E-state index contributed by atoms with van der Waals surface area (Å²) in [6.07, 6.45) is 2.65. The van der Waals surface area contributed by atoms with E-state index >= 15 is 0 Å². The second-order valence-corrected chi connectivity index (χ2v) is 2.87. The van der Waals surface area contributed by atoms with Crippen LogP contribution >= 0.6 is 0 Å². The van der Waals surface area contributed by atoms with Crippen LogP contribution in [-0.2, 0) is 0 Å². The molecule has 0 amide bonds. The normalized spacial score (nSPS) is 12.7. The first kappa shape index (κ1) is 11.5. The monoisotopic (exact) mass is 177 g/mol. The number of halogens is 2. The molecule has 1 nitrogen and oxygen atoms in total. The van der Waals surface area contributed by atoms with Gasteiger partial charge in [0.25, 0.3) is 0 Å². The maximum absolute atomic E-state index is 12.8. The Morgan fingerprint density at radius 2 is 2.00 bits per heavy atom. The summed E-state index contributed by atoms with van der Waals surface area (Å²) in [6.45, 7) is 4.10. The molecule has 0 aliphatic carbocycles. The SMILES string of the molecule is CC=NCCCC(F)(F)CCC. The Balaban J connectivity index is 3.46. The van der Waals surface area contributed by atoms with Crippen molar-refractivity contribution in [3.63, 3.8) is 0 Å². The van der Waals surface area contributed by atoms with E-state index in [9.17, 15) is 8.78 Å². The molecule has 0 aromatic carbocycles. The van der Waals surface area contributed by atoms with E-state index in [1.165, 1.54) is 0 Å². The predicted octanol–water partition coefficient (Wildman–Crippen LogP) is 3.29. The second kappa shape index (κ2) is 6.09. The van der Waals surface area contributed by atoms with E-state index in [1.807, 2.05) is 0 Å². The Hall–Kier alpha value is -0.470. The molecule has 0 spiro atoms. The van der Waals surface area contributed by atoms with Gasteiger partial charge in [-0.25, -0.2) is 8.78 Å². The van der Waals surface area contributed by atoms with Gasteiger partial charge >= 0.3 is 0 Å². The topological polar surface area (TPSA) is 12.4 Å². The van der Waals surface area contributed by atoms with Gasteiger partial charge in [-0.15, -0.1) is 0 Å². The highest BCUT2D eigenvalue weighted by Gasteiger charge is 2.26. The molecule has 0 aromatic heterocycles. The molecule has 0 aliphatic heterocycles. The van der Waals surface area contributed by atoms with Gasteiger partial charge in [0.1, 0.15) is 0 Å². The first-order valence-electron chi connectivity index (χ1n) is 4.44. The zero-order chi connectivity index (χ0) is 9.45. The van der Waals surface area contributed by atoms with Crippen LogP contribution in [0.15, 0.2) is 4.99 Å². The zero-order valence-corrected chi connectivity index (χ0v) is 7.82. The zero-order valence-electron chi connectivity index (χ0n) is 7.82. The van der Waals surface area contributed by atoms with Gasteiger partial charge < -0.3 is 0 Å². The first-order valence-corrected chi connectivity index (χ1v) is 4.44. The molecule has 0 aromatic rings. The number of hydrogen-bond acceptors (Lipinski definition) is 1. The van der Waals surface area contributed by atoms with E-state index < -0.39 is 5.92 Å². The average molecular weight is 177 g/mol. The number of nitrogens with zero attached hydrogens (tertiary/aromatic N) is 1. The minimum atomic E-state index is -2.47. The number of hydrogen-bond donors (Lipinski definition) is 0. The Morgan fingerprint density at radius 3 is 2.50 bits per heavy atom. The molecule has 0 rings (SSSR count). The van der Waals surface area contributed by atoms with Crippen molar-refractivity contribution in [3.8, 4) is 0 Å². The standard InChI is InChI=1S/C9H17F2N/c1-3-6-9(10,11)7-5-8-12-4-2/h4H,3,5-8H2,1-2H3. The molecule has 0 radical (unpaired) electrons. The molecule has 0 saturated heterocycles. The molecular weight excluding hydrogens is 160 g/mol. The summed E-state index contributed by atoms with van der Waals surface area (Å²) >= 11 is 0. The number of aliphatic imine (C=N–C) groups is 1. The molecule has 0 saturated carbocycles. The van der Waals surface area contributed by atoms with Gasteiger partial charge in [-0.2, -0.15) is 0 Å². The van der Waals surface area contributed by atoms with E-state index in [1.54, 1.807) is 20.1 Å². The maximum Gasteiger partial charge on any atom is 0.248 e. The van der Waals surface area contributed by atoms with Crippen LogP contribution in [0.4, 0.5) is 8.78 Å². The molecular formula is C9H17F2N. The lowest BCUT2D eigenvalue weighted by Gasteiger charge is -2.13. The molecule has 0 bridgehead atoms. The third-order valence-corrected chi connectivity index (χ3v) is 1.63. The van der Waals surface area contributed by atoms with Crippen molar-refractivity contribution >= 4 is 6.21 Å². The summed E-state index contributed by atoms with van der Waals surface area (Å²) in [5.41, 5.74) is 0. The molecule has 0 fully saturated rings. The van der Waals surface area contributed by atoms with Crippen LogP contribution in [0.25, 0.3) is 0 Å². The van der Waals surface area contributed by atoms with Crippen molar-refractivity contribution in [2.24, 2.45) is 4.99 Å². The minimum Gasteiger partial charge on any atom is -0.298 e. The Bertz CT molecular complexity index is 132. The lowest BCUT2D eigenvalue weighted by Crippen LogP contribution is -2.15. The third kappa shape index (κ3) is 6.25. The summed E-state index contributed by atoms with van der Waals surface area (Å²) in [4.78, 5) is 3.88. The highest BCUT2D eigenvalue weighted by Crippen LogP contribution is 2.25. The van der Waals surface area contributed by atoms with Crippen LogP contribution in [0.5, 0.6) is 0 Å². The molecule has 0 N–H and O–H groups in total. The third-order valence-electron chi connectivity index (χ3n) is 1.63. The van der Waals surface area contributed by atoms with Crippen LogP contribution < -0.4 is 0 Å². The maximum atomic E-state index is 12.8. The smallest absolute Gasteiger partial charge is 0.248 e. The van der Waals surface area contributed by atoms with Crippen molar-refractivity contribution in [1.82, 2.24) is 0 Å². The van der Waals surface area contributed by atoms with Gasteiger partial charge in [0.2, 0.25) is 5.92 Å². The van der Waals surface area contributed by atoms with Crippen LogP contribution in [0, 0.1) is 0 Å². The number of rotatable bonds is 6. The highest BCUT2D eigenvalue weighted by molar-refractivity contribution is 5.53. The van der Waals surface area contributed by atoms with E-state index in [2.05, 4.69) is 4.99 Å². The Kier molecular flexibility index (Phi) is 5.85. The van der Waals surface area contributed by atoms with Gasteiger partial charge in [-0.1, -0.05) is 13.3 Å². The largest absolute Gasteiger partial charge is 0.298 e. The van der Waals surface area contributed by atoms with Crippen molar-refractivity contribution in [2.75, 3.05) is 6.54 Å². The minimum absolute atomic E-state index is 0.00282. The Labute approximate surface area is 72.9 Å². The van der Waals surface area contributed by atoms with Crippen LogP contribution in [0.3, 0.4) is 0 Å². The van der Waals surface area contributed by atoms with Gasteiger partial charge in [0, 0.05) is 19.4 Å². The van der Waals surface area contributed by atoms with E-state index in [0.29, 0.717) is 19.4 Å². The van der Waals surface area contributed by atoms with Crippen LogP contribution in [-0.4, -0.2) is 18.7 Å². The van der Waals surface area contributed by atoms with Gasteiger partial charge in [-0.05, 0) is 19.6 Å². The lowest BCUT2D eigenvalue weighted by molar-refractivity contribution is -0.0178. The first-order chi connectivity index (χ1) is 5.62. The second-order valence-electron chi connectivity index (χ2n) is 2.87.